The fourth-order valence-electron chi connectivity index (χ4n) is 1.77. The number of hydrogen-bond acceptors (Lipinski definition) is 3. The molecule has 0 aromatic carbocycles. The molecule has 1 heterocycles. The summed E-state index contributed by atoms with van der Waals surface area (Å²) in [5, 5.41) is 0. The highest BCUT2D eigenvalue weighted by Crippen LogP contribution is 2.33. The Morgan fingerprint density at radius 2 is 2.23 bits per heavy atom. The number of rotatable bonds is 5. The van der Waals surface area contributed by atoms with Crippen molar-refractivity contribution in [3.63, 3.8) is 0 Å². The number of nitrogens with two attached hydrogens (primary N) is 1. The van der Waals surface area contributed by atoms with Crippen molar-refractivity contribution in [1.29, 1.82) is 0 Å². The van der Waals surface area contributed by atoms with Crippen molar-refractivity contribution in [3.05, 3.63) is 0 Å². The van der Waals surface area contributed by atoms with Crippen molar-refractivity contribution in [3.8, 4) is 0 Å². The summed E-state index contributed by atoms with van der Waals surface area (Å²) in [5.41, 5.74) is 6.00. The van der Waals surface area contributed by atoms with Crippen LogP contribution in [0.4, 0.5) is 0 Å². The summed E-state index contributed by atoms with van der Waals surface area (Å²) >= 11 is 1.98. The molecule has 2 unspecified atom stereocenters. The minimum Gasteiger partial charge on any atom is -0.377 e. The van der Waals surface area contributed by atoms with Crippen LogP contribution in [0.2, 0.25) is 0 Å². The Balaban J connectivity index is 1.52. The normalized spacial score (nSPS) is 30.7. The van der Waals surface area contributed by atoms with Crippen LogP contribution in [0.25, 0.3) is 0 Å². The minimum absolute atomic E-state index is 0.450. The second-order valence-electron chi connectivity index (χ2n) is 4.17. The van der Waals surface area contributed by atoms with E-state index in [0.717, 1.165) is 24.0 Å². The Morgan fingerprint density at radius 1 is 1.38 bits per heavy atom. The Morgan fingerprint density at radius 3 is 2.85 bits per heavy atom. The molecule has 2 fully saturated rings. The summed E-state index contributed by atoms with van der Waals surface area (Å²) in [4.78, 5) is 0. The van der Waals surface area contributed by atoms with Gasteiger partial charge in [-0.15, -0.1) is 0 Å². The molecule has 2 atom stereocenters. The van der Waals surface area contributed by atoms with Crippen LogP contribution in [0, 0.1) is 5.92 Å². The highest BCUT2D eigenvalue weighted by molar-refractivity contribution is 7.99. The summed E-state index contributed by atoms with van der Waals surface area (Å²) in [6.07, 6.45) is 5.76. The van der Waals surface area contributed by atoms with Crippen molar-refractivity contribution < 1.29 is 4.74 Å². The van der Waals surface area contributed by atoms with Gasteiger partial charge < -0.3 is 10.5 Å². The van der Waals surface area contributed by atoms with Gasteiger partial charge in [-0.2, -0.15) is 11.8 Å². The van der Waals surface area contributed by atoms with Gasteiger partial charge in [-0.25, -0.2) is 0 Å². The molecule has 0 radical (unpaired) electrons. The van der Waals surface area contributed by atoms with Crippen molar-refractivity contribution in [2.45, 2.75) is 37.8 Å². The van der Waals surface area contributed by atoms with Crippen LogP contribution in [-0.4, -0.2) is 30.3 Å². The summed E-state index contributed by atoms with van der Waals surface area (Å²) in [5.74, 6) is 3.13. The molecule has 0 aromatic heterocycles. The highest BCUT2D eigenvalue weighted by atomic mass is 32.2. The Kier molecular flexibility index (Phi) is 3.52. The molecular weight excluding hydrogens is 182 g/mol. The molecule has 76 valence electrons. The molecule has 1 aliphatic carbocycles. The van der Waals surface area contributed by atoms with E-state index in [1.807, 2.05) is 11.8 Å². The smallest absolute Gasteiger partial charge is 0.0666 e. The van der Waals surface area contributed by atoms with E-state index in [-0.39, 0.29) is 0 Å². The number of ether oxygens (including phenoxy) is 1. The third-order valence-corrected chi connectivity index (χ3v) is 4.09. The Bertz CT molecular complexity index is 153. The van der Waals surface area contributed by atoms with Crippen LogP contribution < -0.4 is 5.73 Å². The minimum atomic E-state index is 0.450. The standard InChI is InChI=1S/C10H19NOS/c11-10(8-3-4-8)7-13-6-9-2-1-5-12-9/h8-10H,1-7,11H2. The molecule has 0 amide bonds. The third kappa shape index (κ3) is 3.15. The van der Waals surface area contributed by atoms with Gasteiger partial charge in [0, 0.05) is 24.2 Å². The fraction of sp³-hybridized carbons (Fsp3) is 1.00. The van der Waals surface area contributed by atoms with Gasteiger partial charge in [0.15, 0.2) is 0 Å². The predicted molar refractivity (Wildman–Crippen MR) is 57.0 cm³/mol. The van der Waals surface area contributed by atoms with E-state index in [1.165, 1.54) is 25.7 Å². The lowest BCUT2D eigenvalue weighted by molar-refractivity contribution is 0.129. The van der Waals surface area contributed by atoms with Crippen molar-refractivity contribution in [1.82, 2.24) is 0 Å². The van der Waals surface area contributed by atoms with Gasteiger partial charge in [-0.1, -0.05) is 0 Å². The fourth-order valence-corrected chi connectivity index (χ4v) is 2.98. The number of hydrogen-bond donors (Lipinski definition) is 1. The molecular formula is C10H19NOS. The molecule has 1 saturated carbocycles. The van der Waals surface area contributed by atoms with Crippen molar-refractivity contribution >= 4 is 11.8 Å². The molecule has 1 aliphatic heterocycles. The monoisotopic (exact) mass is 201 g/mol. The van der Waals surface area contributed by atoms with Gasteiger partial charge in [-0.3, -0.25) is 0 Å². The molecule has 3 heteroatoms. The molecule has 1 saturated heterocycles. The zero-order valence-electron chi connectivity index (χ0n) is 8.08. The Labute approximate surface area is 84.6 Å². The topological polar surface area (TPSA) is 35.2 Å². The first-order valence-electron chi connectivity index (χ1n) is 5.31. The van der Waals surface area contributed by atoms with E-state index >= 15 is 0 Å². The SMILES string of the molecule is NC(CSCC1CCCO1)C1CC1. The van der Waals surface area contributed by atoms with Crippen LogP contribution in [0.5, 0.6) is 0 Å². The highest BCUT2D eigenvalue weighted by Gasteiger charge is 2.28. The van der Waals surface area contributed by atoms with E-state index in [2.05, 4.69) is 0 Å². The molecule has 0 bridgehead atoms. The maximum Gasteiger partial charge on any atom is 0.0666 e. The van der Waals surface area contributed by atoms with Crippen LogP contribution in [0.1, 0.15) is 25.7 Å². The lowest BCUT2D eigenvalue weighted by atomic mass is 10.2. The van der Waals surface area contributed by atoms with E-state index in [1.54, 1.807) is 0 Å². The van der Waals surface area contributed by atoms with Gasteiger partial charge in [-0.05, 0) is 31.6 Å². The zero-order chi connectivity index (χ0) is 9.10. The summed E-state index contributed by atoms with van der Waals surface area (Å²) < 4.78 is 5.55. The molecule has 2 aliphatic rings. The van der Waals surface area contributed by atoms with Gasteiger partial charge in [0.1, 0.15) is 0 Å². The third-order valence-electron chi connectivity index (χ3n) is 2.87. The molecule has 2 rings (SSSR count). The van der Waals surface area contributed by atoms with E-state index in [0.29, 0.717) is 12.1 Å². The Hall–Kier alpha value is 0.270. The summed E-state index contributed by atoms with van der Waals surface area (Å²) in [6, 6.07) is 0.450. The van der Waals surface area contributed by atoms with E-state index < -0.39 is 0 Å². The lowest BCUT2D eigenvalue weighted by Crippen LogP contribution is -2.26. The quantitative estimate of drug-likeness (QED) is 0.734. The largest absolute Gasteiger partial charge is 0.377 e. The molecule has 2 N–H and O–H groups in total. The van der Waals surface area contributed by atoms with Crippen LogP contribution in [0.15, 0.2) is 0 Å². The van der Waals surface area contributed by atoms with E-state index in [4.69, 9.17) is 10.5 Å². The van der Waals surface area contributed by atoms with Crippen molar-refractivity contribution in [2.24, 2.45) is 11.7 Å². The first-order chi connectivity index (χ1) is 6.36. The van der Waals surface area contributed by atoms with Gasteiger partial charge in [0.25, 0.3) is 0 Å². The van der Waals surface area contributed by atoms with Crippen LogP contribution in [-0.2, 0) is 4.74 Å². The average molecular weight is 201 g/mol. The predicted octanol–water partition coefficient (Wildman–Crippen LogP) is 1.64. The van der Waals surface area contributed by atoms with Gasteiger partial charge in [0.05, 0.1) is 6.10 Å². The first kappa shape index (κ1) is 9.81. The van der Waals surface area contributed by atoms with Gasteiger partial charge >= 0.3 is 0 Å². The van der Waals surface area contributed by atoms with Crippen LogP contribution in [0.3, 0.4) is 0 Å². The van der Waals surface area contributed by atoms with Gasteiger partial charge in [0.2, 0.25) is 0 Å². The second-order valence-corrected chi connectivity index (χ2v) is 5.25. The summed E-state index contributed by atoms with van der Waals surface area (Å²) in [6.45, 7) is 0.972. The van der Waals surface area contributed by atoms with E-state index in [9.17, 15) is 0 Å². The molecule has 13 heavy (non-hydrogen) atoms. The maximum absolute atomic E-state index is 6.00. The second kappa shape index (κ2) is 4.67. The lowest BCUT2D eigenvalue weighted by Gasteiger charge is -2.12. The molecule has 0 aromatic rings. The molecule has 2 nitrogen and oxygen atoms in total. The summed E-state index contributed by atoms with van der Waals surface area (Å²) in [7, 11) is 0. The van der Waals surface area contributed by atoms with Crippen molar-refractivity contribution in [2.75, 3.05) is 18.1 Å². The maximum atomic E-state index is 6.00. The number of thioether (sulfide) groups is 1. The zero-order valence-corrected chi connectivity index (χ0v) is 8.89. The first-order valence-corrected chi connectivity index (χ1v) is 6.46. The average Bonchev–Trinajstić information content (AvgIpc) is 2.86. The van der Waals surface area contributed by atoms with Crippen LogP contribution >= 0.6 is 11.8 Å². The molecule has 0 spiro atoms.